The van der Waals surface area contributed by atoms with E-state index in [4.69, 9.17) is 9.84 Å². The van der Waals surface area contributed by atoms with E-state index >= 15 is 0 Å². The third-order valence-corrected chi connectivity index (χ3v) is 2.88. The monoisotopic (exact) mass is 267 g/mol. The Morgan fingerprint density at radius 2 is 2.00 bits per heavy atom. The van der Waals surface area contributed by atoms with Crippen LogP contribution in [0.2, 0.25) is 0 Å². The summed E-state index contributed by atoms with van der Waals surface area (Å²) in [6, 6.07) is 7.76. The zero-order valence-corrected chi connectivity index (χ0v) is 11.8. The van der Waals surface area contributed by atoms with Crippen LogP contribution in [0.4, 0.5) is 0 Å². The van der Waals surface area contributed by atoms with Gasteiger partial charge in [0.1, 0.15) is 18.5 Å². The van der Waals surface area contributed by atoms with Gasteiger partial charge in [0.25, 0.3) is 0 Å². The predicted molar refractivity (Wildman–Crippen MR) is 76.5 cm³/mol. The van der Waals surface area contributed by atoms with E-state index in [1.54, 1.807) is 6.92 Å². The topological polar surface area (TPSA) is 61.7 Å². The number of hydrogen-bond donors (Lipinski definition) is 3. The minimum Gasteiger partial charge on any atom is -0.491 e. The number of benzene rings is 1. The van der Waals surface area contributed by atoms with Crippen molar-refractivity contribution in [3.8, 4) is 5.75 Å². The third kappa shape index (κ3) is 7.15. The van der Waals surface area contributed by atoms with Crippen LogP contribution in [0.15, 0.2) is 24.3 Å². The van der Waals surface area contributed by atoms with Crippen LogP contribution in [-0.2, 0) is 0 Å². The van der Waals surface area contributed by atoms with Crippen LogP contribution in [0.25, 0.3) is 0 Å². The van der Waals surface area contributed by atoms with E-state index in [1.165, 1.54) is 0 Å². The normalized spacial score (nSPS) is 14.1. The number of ether oxygens (including phenoxy) is 1. The van der Waals surface area contributed by atoms with Crippen molar-refractivity contribution in [3.05, 3.63) is 29.8 Å². The molecule has 3 N–H and O–H groups in total. The van der Waals surface area contributed by atoms with Crippen LogP contribution in [-0.4, -0.2) is 42.1 Å². The highest BCUT2D eigenvalue weighted by Gasteiger charge is 2.06. The second-order valence-corrected chi connectivity index (χ2v) is 4.93. The molecule has 0 aliphatic rings. The summed E-state index contributed by atoms with van der Waals surface area (Å²) in [4.78, 5) is 0. The van der Waals surface area contributed by atoms with E-state index in [1.807, 2.05) is 31.2 Å². The minimum absolute atomic E-state index is 0.254. The summed E-state index contributed by atoms with van der Waals surface area (Å²) in [5.74, 6) is 0.815. The Kier molecular flexibility index (Phi) is 7.48. The van der Waals surface area contributed by atoms with Crippen LogP contribution in [0.3, 0.4) is 0 Å². The van der Waals surface area contributed by atoms with Gasteiger partial charge in [-0.25, -0.2) is 0 Å². The molecule has 0 heterocycles. The van der Waals surface area contributed by atoms with Gasteiger partial charge in [0.15, 0.2) is 0 Å². The largest absolute Gasteiger partial charge is 0.491 e. The molecular formula is C15H25NO3. The zero-order chi connectivity index (χ0) is 14.1. The maximum atomic E-state index is 9.77. The molecule has 1 aromatic carbocycles. The number of aryl methyl sites for hydroxylation is 1. The Hall–Kier alpha value is -1.10. The van der Waals surface area contributed by atoms with Crippen molar-refractivity contribution in [2.45, 2.75) is 38.9 Å². The van der Waals surface area contributed by atoms with Crippen molar-refractivity contribution in [3.63, 3.8) is 0 Å². The van der Waals surface area contributed by atoms with E-state index in [2.05, 4.69) is 5.32 Å². The Morgan fingerprint density at radius 1 is 1.26 bits per heavy atom. The van der Waals surface area contributed by atoms with Gasteiger partial charge in [0.05, 0.1) is 6.10 Å². The Bertz CT molecular complexity index is 355. The molecule has 0 radical (unpaired) electrons. The van der Waals surface area contributed by atoms with Crippen molar-refractivity contribution >= 4 is 0 Å². The molecule has 19 heavy (non-hydrogen) atoms. The van der Waals surface area contributed by atoms with E-state index in [0.717, 1.165) is 30.7 Å². The van der Waals surface area contributed by atoms with Gasteiger partial charge in [-0.1, -0.05) is 18.2 Å². The summed E-state index contributed by atoms with van der Waals surface area (Å²) in [7, 11) is 0. The van der Waals surface area contributed by atoms with Crippen LogP contribution in [0, 0.1) is 6.92 Å². The van der Waals surface area contributed by atoms with Crippen LogP contribution >= 0.6 is 0 Å². The summed E-state index contributed by atoms with van der Waals surface area (Å²) in [5.41, 5.74) is 1.07. The number of hydrogen-bond acceptors (Lipinski definition) is 4. The lowest BCUT2D eigenvalue weighted by Gasteiger charge is -2.14. The molecule has 108 valence electrons. The highest BCUT2D eigenvalue weighted by Crippen LogP contribution is 2.16. The highest BCUT2D eigenvalue weighted by atomic mass is 16.5. The first-order valence-corrected chi connectivity index (χ1v) is 6.85. The highest BCUT2D eigenvalue weighted by molar-refractivity contribution is 5.31. The van der Waals surface area contributed by atoms with Gasteiger partial charge < -0.3 is 20.3 Å². The zero-order valence-electron chi connectivity index (χ0n) is 11.8. The molecule has 0 saturated heterocycles. The first-order valence-electron chi connectivity index (χ1n) is 6.85. The molecule has 0 fully saturated rings. The van der Waals surface area contributed by atoms with Crippen molar-refractivity contribution < 1.29 is 14.9 Å². The fraction of sp³-hybridized carbons (Fsp3) is 0.600. The second-order valence-electron chi connectivity index (χ2n) is 4.93. The summed E-state index contributed by atoms with van der Waals surface area (Å²) < 4.78 is 5.56. The number of para-hydroxylation sites is 1. The van der Waals surface area contributed by atoms with E-state index < -0.39 is 6.10 Å². The van der Waals surface area contributed by atoms with Gasteiger partial charge in [-0.05, 0) is 44.9 Å². The molecule has 0 aliphatic heterocycles. The van der Waals surface area contributed by atoms with E-state index in [9.17, 15) is 5.11 Å². The fourth-order valence-corrected chi connectivity index (χ4v) is 1.75. The lowest BCUT2D eigenvalue weighted by Crippen LogP contribution is -2.32. The van der Waals surface area contributed by atoms with Gasteiger partial charge in [-0.15, -0.1) is 0 Å². The minimum atomic E-state index is -0.522. The van der Waals surface area contributed by atoms with Gasteiger partial charge >= 0.3 is 0 Å². The molecule has 2 unspecified atom stereocenters. The van der Waals surface area contributed by atoms with Crippen LogP contribution in [0.5, 0.6) is 5.75 Å². The molecule has 0 aromatic heterocycles. The quantitative estimate of drug-likeness (QED) is 0.593. The summed E-state index contributed by atoms with van der Waals surface area (Å²) in [6.45, 7) is 5.35. The van der Waals surface area contributed by atoms with E-state index in [-0.39, 0.29) is 12.7 Å². The summed E-state index contributed by atoms with van der Waals surface area (Å²) >= 11 is 0. The van der Waals surface area contributed by atoms with Crippen molar-refractivity contribution in [1.29, 1.82) is 0 Å². The molecule has 4 nitrogen and oxygen atoms in total. The van der Waals surface area contributed by atoms with Crippen molar-refractivity contribution in [1.82, 2.24) is 5.32 Å². The molecule has 1 rings (SSSR count). The predicted octanol–water partition coefficient (Wildman–Crippen LogP) is 1.49. The number of aliphatic hydroxyl groups excluding tert-OH is 2. The van der Waals surface area contributed by atoms with Gasteiger partial charge in [0.2, 0.25) is 0 Å². The molecule has 2 atom stereocenters. The molecule has 0 bridgehead atoms. The second kappa shape index (κ2) is 8.91. The average molecular weight is 267 g/mol. The van der Waals surface area contributed by atoms with E-state index in [0.29, 0.717) is 6.54 Å². The molecule has 0 amide bonds. The molecule has 0 aliphatic carbocycles. The third-order valence-electron chi connectivity index (χ3n) is 2.88. The summed E-state index contributed by atoms with van der Waals surface area (Å²) in [6.07, 6.45) is 0.911. The molecule has 0 saturated carbocycles. The van der Waals surface area contributed by atoms with Crippen molar-refractivity contribution in [2.75, 3.05) is 19.7 Å². The lowest BCUT2D eigenvalue weighted by atomic mass is 10.2. The number of nitrogens with one attached hydrogen (secondary N) is 1. The van der Waals surface area contributed by atoms with Gasteiger partial charge in [0, 0.05) is 6.54 Å². The number of aliphatic hydroxyl groups is 2. The standard InChI is InChI=1S/C15H25NO3/c1-12-6-3-4-8-15(12)19-11-14(18)10-16-9-5-7-13(2)17/h3-4,6,8,13-14,16-18H,5,7,9-11H2,1-2H3. The molecular weight excluding hydrogens is 242 g/mol. The first kappa shape index (κ1) is 16.0. The maximum absolute atomic E-state index is 9.77. The molecule has 4 heteroatoms. The lowest BCUT2D eigenvalue weighted by molar-refractivity contribution is 0.105. The molecule has 0 spiro atoms. The molecule has 1 aromatic rings. The Morgan fingerprint density at radius 3 is 2.68 bits per heavy atom. The van der Waals surface area contributed by atoms with Crippen LogP contribution in [0.1, 0.15) is 25.3 Å². The van der Waals surface area contributed by atoms with Gasteiger partial charge in [-0.3, -0.25) is 0 Å². The SMILES string of the molecule is Cc1ccccc1OCC(O)CNCCCC(C)O. The van der Waals surface area contributed by atoms with Gasteiger partial charge in [-0.2, -0.15) is 0 Å². The fourth-order valence-electron chi connectivity index (χ4n) is 1.75. The smallest absolute Gasteiger partial charge is 0.122 e. The summed E-state index contributed by atoms with van der Waals surface area (Å²) in [5, 5.41) is 22.0. The number of rotatable bonds is 9. The first-order chi connectivity index (χ1) is 9.09. The van der Waals surface area contributed by atoms with Crippen molar-refractivity contribution in [2.24, 2.45) is 0 Å². The average Bonchev–Trinajstić information content (AvgIpc) is 2.37. The Labute approximate surface area is 115 Å². The Balaban J connectivity index is 2.11. The maximum Gasteiger partial charge on any atom is 0.122 e. The van der Waals surface area contributed by atoms with Crippen LogP contribution < -0.4 is 10.1 Å².